The minimum atomic E-state index is -0.651. The van der Waals surface area contributed by atoms with Gasteiger partial charge in [0.1, 0.15) is 17.1 Å². The van der Waals surface area contributed by atoms with E-state index in [0.29, 0.717) is 28.7 Å². The standard InChI is InChI=1S/C20H22O5/c1-5-15-12(3)19(25-13(4)21)16(14-10-8-7-9-11-14)17(18(15)22)20(23)24-6-2/h7-11,22H,5-6H2,1-4H3. The van der Waals surface area contributed by atoms with Gasteiger partial charge in [0.25, 0.3) is 0 Å². The molecule has 132 valence electrons. The van der Waals surface area contributed by atoms with E-state index in [4.69, 9.17) is 9.47 Å². The van der Waals surface area contributed by atoms with E-state index in [2.05, 4.69) is 0 Å². The molecule has 2 rings (SSSR count). The van der Waals surface area contributed by atoms with Gasteiger partial charge in [-0.05, 0) is 31.4 Å². The first-order valence-electron chi connectivity index (χ1n) is 8.21. The minimum absolute atomic E-state index is 0.0201. The fourth-order valence-electron chi connectivity index (χ4n) is 2.87. The number of carbonyl (C=O) groups excluding carboxylic acids is 2. The number of carbonyl (C=O) groups is 2. The quantitative estimate of drug-likeness (QED) is 0.656. The van der Waals surface area contributed by atoms with Crippen molar-refractivity contribution in [2.45, 2.75) is 34.1 Å². The number of benzene rings is 2. The van der Waals surface area contributed by atoms with Crippen LogP contribution in [0.4, 0.5) is 0 Å². The first-order valence-corrected chi connectivity index (χ1v) is 8.21. The summed E-state index contributed by atoms with van der Waals surface area (Å²) >= 11 is 0. The number of phenolic OH excluding ortho intramolecular Hbond substituents is 1. The molecule has 0 spiro atoms. The van der Waals surface area contributed by atoms with Gasteiger partial charge >= 0.3 is 11.9 Å². The molecule has 25 heavy (non-hydrogen) atoms. The topological polar surface area (TPSA) is 72.8 Å². The molecule has 5 nitrogen and oxygen atoms in total. The van der Waals surface area contributed by atoms with Crippen molar-refractivity contribution in [2.24, 2.45) is 0 Å². The zero-order valence-corrected chi connectivity index (χ0v) is 14.9. The van der Waals surface area contributed by atoms with Crippen molar-refractivity contribution >= 4 is 11.9 Å². The second kappa shape index (κ2) is 7.83. The number of ether oxygens (including phenoxy) is 2. The van der Waals surface area contributed by atoms with E-state index in [1.54, 1.807) is 26.0 Å². The van der Waals surface area contributed by atoms with Gasteiger partial charge in [0.15, 0.2) is 0 Å². The van der Waals surface area contributed by atoms with Gasteiger partial charge < -0.3 is 14.6 Å². The summed E-state index contributed by atoms with van der Waals surface area (Å²) in [5.41, 5.74) is 2.22. The van der Waals surface area contributed by atoms with Crippen LogP contribution in [0.15, 0.2) is 30.3 Å². The molecule has 0 heterocycles. The molecule has 0 amide bonds. The number of hydrogen-bond donors (Lipinski definition) is 1. The summed E-state index contributed by atoms with van der Waals surface area (Å²) in [6.45, 7) is 6.79. The molecule has 1 N–H and O–H groups in total. The Morgan fingerprint density at radius 2 is 1.76 bits per heavy atom. The Bertz CT molecular complexity index is 794. The highest BCUT2D eigenvalue weighted by Crippen LogP contribution is 2.44. The lowest BCUT2D eigenvalue weighted by atomic mass is 9.90. The largest absolute Gasteiger partial charge is 0.507 e. The van der Waals surface area contributed by atoms with E-state index in [-0.39, 0.29) is 23.7 Å². The molecule has 0 unspecified atom stereocenters. The average Bonchev–Trinajstić information content (AvgIpc) is 2.58. The van der Waals surface area contributed by atoms with Crippen LogP contribution in [0, 0.1) is 6.92 Å². The molecule has 0 aliphatic rings. The summed E-state index contributed by atoms with van der Waals surface area (Å²) in [5.74, 6) is -1.01. The fourth-order valence-corrected chi connectivity index (χ4v) is 2.87. The van der Waals surface area contributed by atoms with E-state index >= 15 is 0 Å². The number of hydrogen-bond acceptors (Lipinski definition) is 5. The van der Waals surface area contributed by atoms with E-state index in [1.807, 2.05) is 25.1 Å². The maximum atomic E-state index is 12.6. The Morgan fingerprint density at radius 1 is 1.12 bits per heavy atom. The third kappa shape index (κ3) is 3.65. The Hall–Kier alpha value is -2.82. The lowest BCUT2D eigenvalue weighted by Crippen LogP contribution is -2.13. The summed E-state index contributed by atoms with van der Waals surface area (Å²) in [6.07, 6.45) is 0.480. The fraction of sp³-hybridized carbons (Fsp3) is 0.300. The lowest BCUT2D eigenvalue weighted by Gasteiger charge is -2.20. The van der Waals surface area contributed by atoms with E-state index in [1.165, 1.54) is 6.92 Å². The van der Waals surface area contributed by atoms with Crippen molar-refractivity contribution in [3.8, 4) is 22.6 Å². The zero-order chi connectivity index (χ0) is 18.6. The van der Waals surface area contributed by atoms with Crippen molar-refractivity contribution in [3.63, 3.8) is 0 Å². The average molecular weight is 342 g/mol. The molecule has 0 aliphatic heterocycles. The Balaban J connectivity index is 2.92. The van der Waals surface area contributed by atoms with Crippen LogP contribution < -0.4 is 4.74 Å². The summed E-state index contributed by atoms with van der Waals surface area (Å²) in [6, 6.07) is 9.03. The number of rotatable bonds is 5. The molecule has 0 saturated carbocycles. The van der Waals surface area contributed by atoms with Crippen LogP contribution in [0.5, 0.6) is 11.5 Å². The van der Waals surface area contributed by atoms with Gasteiger partial charge in [0.05, 0.1) is 6.61 Å². The van der Waals surface area contributed by atoms with Crippen LogP contribution in [0.25, 0.3) is 11.1 Å². The van der Waals surface area contributed by atoms with Gasteiger partial charge in [-0.3, -0.25) is 4.79 Å². The van der Waals surface area contributed by atoms with Crippen LogP contribution in [0.3, 0.4) is 0 Å². The molecule has 0 bridgehead atoms. The lowest BCUT2D eigenvalue weighted by molar-refractivity contribution is -0.131. The Labute approximate surface area is 147 Å². The molecule has 0 atom stereocenters. The summed E-state index contributed by atoms with van der Waals surface area (Å²) in [7, 11) is 0. The van der Waals surface area contributed by atoms with Gasteiger partial charge in [-0.2, -0.15) is 0 Å². The third-order valence-electron chi connectivity index (χ3n) is 3.93. The number of esters is 2. The maximum absolute atomic E-state index is 12.6. The molecule has 2 aromatic carbocycles. The van der Waals surface area contributed by atoms with Crippen LogP contribution in [-0.2, 0) is 16.0 Å². The predicted molar refractivity (Wildman–Crippen MR) is 94.9 cm³/mol. The van der Waals surface area contributed by atoms with E-state index in [9.17, 15) is 14.7 Å². The second-order valence-corrected chi connectivity index (χ2v) is 5.56. The summed E-state index contributed by atoms with van der Waals surface area (Å²) < 4.78 is 10.6. The molecule has 0 aliphatic carbocycles. The molecule has 2 aromatic rings. The molecular weight excluding hydrogens is 320 g/mol. The number of phenols is 1. The minimum Gasteiger partial charge on any atom is -0.507 e. The van der Waals surface area contributed by atoms with Crippen molar-refractivity contribution in [2.75, 3.05) is 6.61 Å². The van der Waals surface area contributed by atoms with Gasteiger partial charge in [-0.1, -0.05) is 37.3 Å². The first-order chi connectivity index (χ1) is 11.9. The SMILES string of the molecule is CCOC(=O)c1c(O)c(CC)c(C)c(OC(C)=O)c1-c1ccccc1. The third-order valence-corrected chi connectivity index (χ3v) is 3.93. The Morgan fingerprint density at radius 3 is 2.28 bits per heavy atom. The van der Waals surface area contributed by atoms with Crippen LogP contribution in [-0.4, -0.2) is 23.7 Å². The van der Waals surface area contributed by atoms with E-state index in [0.717, 1.165) is 0 Å². The highest BCUT2D eigenvalue weighted by atomic mass is 16.5. The highest BCUT2D eigenvalue weighted by Gasteiger charge is 2.28. The van der Waals surface area contributed by atoms with Crippen molar-refractivity contribution in [1.29, 1.82) is 0 Å². The maximum Gasteiger partial charge on any atom is 0.342 e. The first kappa shape index (κ1) is 18.5. The molecule has 0 saturated heterocycles. The van der Waals surface area contributed by atoms with Crippen molar-refractivity contribution in [1.82, 2.24) is 0 Å². The summed E-state index contributed by atoms with van der Waals surface area (Å²) in [4.78, 5) is 24.2. The predicted octanol–water partition coefficient (Wildman–Crippen LogP) is 4.03. The molecule has 0 fully saturated rings. The molecular formula is C20H22O5. The van der Waals surface area contributed by atoms with Gasteiger partial charge in [0.2, 0.25) is 0 Å². The van der Waals surface area contributed by atoms with Crippen molar-refractivity contribution in [3.05, 3.63) is 47.0 Å². The van der Waals surface area contributed by atoms with Gasteiger partial charge in [0, 0.05) is 18.1 Å². The van der Waals surface area contributed by atoms with Gasteiger partial charge in [-0.15, -0.1) is 0 Å². The molecule has 0 aromatic heterocycles. The second-order valence-electron chi connectivity index (χ2n) is 5.56. The normalized spacial score (nSPS) is 10.4. The number of aromatic hydroxyl groups is 1. The highest BCUT2D eigenvalue weighted by molar-refractivity contribution is 6.03. The van der Waals surface area contributed by atoms with Crippen molar-refractivity contribution < 1.29 is 24.2 Å². The Kier molecular flexibility index (Phi) is 5.80. The monoisotopic (exact) mass is 342 g/mol. The van der Waals surface area contributed by atoms with Crippen LogP contribution in [0.2, 0.25) is 0 Å². The van der Waals surface area contributed by atoms with Crippen LogP contribution in [0.1, 0.15) is 42.3 Å². The molecule has 0 radical (unpaired) electrons. The van der Waals surface area contributed by atoms with E-state index < -0.39 is 11.9 Å². The zero-order valence-electron chi connectivity index (χ0n) is 14.9. The molecule has 5 heteroatoms. The summed E-state index contributed by atoms with van der Waals surface area (Å²) in [5, 5.41) is 10.7. The van der Waals surface area contributed by atoms with Crippen LogP contribution >= 0.6 is 0 Å². The smallest absolute Gasteiger partial charge is 0.342 e. The van der Waals surface area contributed by atoms with Gasteiger partial charge in [-0.25, -0.2) is 4.79 Å².